The first-order chi connectivity index (χ1) is 7.16. The molecule has 3 saturated carbocycles. The van der Waals surface area contributed by atoms with Crippen LogP contribution in [-0.2, 0) is 9.53 Å². The fourth-order valence-electron chi connectivity index (χ4n) is 2.94. The maximum atomic E-state index is 11.9. The monoisotopic (exact) mass is 207 g/mol. The summed E-state index contributed by atoms with van der Waals surface area (Å²) in [6.07, 6.45) is 5.17. The van der Waals surface area contributed by atoms with E-state index in [2.05, 4.69) is 6.07 Å². The lowest BCUT2D eigenvalue weighted by atomic mass is 9.54. The summed E-state index contributed by atoms with van der Waals surface area (Å²) in [4.78, 5) is 11.9. The summed E-state index contributed by atoms with van der Waals surface area (Å²) < 4.78 is 5.14. The standard InChI is InChI=1S/C12H17NO2/c1-2-15-10(14)12-6-3-11(9-13,4-7-12)5-8-12/h2-8H2,1H3. The third-order valence-electron chi connectivity index (χ3n) is 4.19. The first kappa shape index (κ1) is 10.5. The third-order valence-corrected chi connectivity index (χ3v) is 4.19. The van der Waals surface area contributed by atoms with Gasteiger partial charge in [0.2, 0.25) is 0 Å². The smallest absolute Gasteiger partial charge is 0.312 e. The van der Waals surface area contributed by atoms with Crippen LogP contribution in [0.5, 0.6) is 0 Å². The van der Waals surface area contributed by atoms with Crippen LogP contribution in [-0.4, -0.2) is 12.6 Å². The Kier molecular flexibility index (Phi) is 2.46. The Bertz CT molecular complexity index is 292. The summed E-state index contributed by atoms with van der Waals surface area (Å²) in [5, 5.41) is 9.13. The molecule has 3 aliphatic carbocycles. The molecule has 0 aromatic heterocycles. The molecule has 2 bridgehead atoms. The van der Waals surface area contributed by atoms with Gasteiger partial charge in [-0.05, 0) is 45.4 Å². The van der Waals surface area contributed by atoms with Gasteiger partial charge in [-0.2, -0.15) is 5.26 Å². The van der Waals surface area contributed by atoms with E-state index in [1.807, 2.05) is 6.92 Å². The van der Waals surface area contributed by atoms with Crippen molar-refractivity contribution in [2.75, 3.05) is 6.61 Å². The van der Waals surface area contributed by atoms with Crippen LogP contribution in [0.15, 0.2) is 0 Å². The average molecular weight is 207 g/mol. The number of nitrogens with zero attached hydrogens (tertiary/aromatic N) is 1. The Hall–Kier alpha value is -1.04. The molecule has 0 aromatic carbocycles. The highest BCUT2D eigenvalue weighted by Crippen LogP contribution is 2.56. The van der Waals surface area contributed by atoms with Gasteiger partial charge in [-0.1, -0.05) is 0 Å². The Morgan fingerprint density at radius 2 is 1.80 bits per heavy atom. The van der Waals surface area contributed by atoms with Gasteiger partial charge in [0.1, 0.15) is 0 Å². The molecule has 3 aliphatic rings. The van der Waals surface area contributed by atoms with Crippen molar-refractivity contribution in [3.8, 4) is 6.07 Å². The maximum absolute atomic E-state index is 11.9. The minimum Gasteiger partial charge on any atom is -0.466 e. The van der Waals surface area contributed by atoms with Gasteiger partial charge in [0.05, 0.1) is 23.5 Å². The van der Waals surface area contributed by atoms with Crippen molar-refractivity contribution in [3.63, 3.8) is 0 Å². The minimum absolute atomic E-state index is 0.0313. The molecule has 0 saturated heterocycles. The van der Waals surface area contributed by atoms with Crippen molar-refractivity contribution in [1.29, 1.82) is 5.26 Å². The second kappa shape index (κ2) is 3.52. The first-order valence-electron chi connectivity index (χ1n) is 5.75. The predicted molar refractivity (Wildman–Crippen MR) is 54.8 cm³/mol. The Balaban J connectivity index is 2.10. The molecule has 3 heteroatoms. The van der Waals surface area contributed by atoms with E-state index in [9.17, 15) is 4.79 Å². The second-order valence-electron chi connectivity index (χ2n) is 4.89. The van der Waals surface area contributed by atoms with Gasteiger partial charge in [-0.25, -0.2) is 0 Å². The van der Waals surface area contributed by atoms with Crippen LogP contribution < -0.4 is 0 Å². The quantitative estimate of drug-likeness (QED) is 0.653. The second-order valence-corrected chi connectivity index (χ2v) is 4.89. The van der Waals surface area contributed by atoms with Crippen LogP contribution in [0.4, 0.5) is 0 Å². The normalized spacial score (nSPS) is 38.4. The van der Waals surface area contributed by atoms with Crippen LogP contribution in [0.3, 0.4) is 0 Å². The lowest BCUT2D eigenvalue weighted by Crippen LogP contribution is -2.46. The van der Waals surface area contributed by atoms with Crippen LogP contribution in [0, 0.1) is 22.2 Å². The van der Waals surface area contributed by atoms with Gasteiger partial charge in [-0.15, -0.1) is 0 Å². The van der Waals surface area contributed by atoms with Crippen molar-refractivity contribution in [2.24, 2.45) is 10.8 Å². The summed E-state index contributed by atoms with van der Waals surface area (Å²) >= 11 is 0. The molecule has 0 atom stereocenters. The maximum Gasteiger partial charge on any atom is 0.312 e. The van der Waals surface area contributed by atoms with Gasteiger partial charge in [-0.3, -0.25) is 4.79 Å². The number of hydrogen-bond donors (Lipinski definition) is 0. The summed E-state index contributed by atoms with van der Waals surface area (Å²) in [7, 11) is 0. The highest BCUT2D eigenvalue weighted by atomic mass is 16.5. The topological polar surface area (TPSA) is 50.1 Å². The van der Waals surface area contributed by atoms with E-state index in [1.54, 1.807) is 0 Å². The molecule has 15 heavy (non-hydrogen) atoms. The molecule has 0 unspecified atom stereocenters. The summed E-state index contributed by atoms with van der Waals surface area (Å²) in [6.45, 7) is 2.31. The molecule has 0 radical (unpaired) electrons. The van der Waals surface area contributed by atoms with E-state index < -0.39 is 0 Å². The molecule has 3 rings (SSSR count). The number of carbonyl (C=O) groups is 1. The van der Waals surface area contributed by atoms with E-state index in [0.717, 1.165) is 38.5 Å². The SMILES string of the molecule is CCOC(=O)C12CCC(C#N)(CC1)CC2. The zero-order chi connectivity index (χ0) is 10.9. The zero-order valence-electron chi connectivity index (χ0n) is 9.21. The molecule has 0 aliphatic heterocycles. The lowest BCUT2D eigenvalue weighted by molar-refractivity contribution is -0.163. The van der Waals surface area contributed by atoms with Crippen molar-refractivity contribution in [3.05, 3.63) is 0 Å². The predicted octanol–water partition coefficient (Wildman–Crippen LogP) is 2.41. The summed E-state index contributed by atoms with van der Waals surface area (Å²) in [6, 6.07) is 2.44. The summed E-state index contributed by atoms with van der Waals surface area (Å²) in [5.74, 6) is -0.0313. The largest absolute Gasteiger partial charge is 0.466 e. The molecule has 3 fully saturated rings. The molecule has 0 amide bonds. The molecule has 0 spiro atoms. The Labute approximate surface area is 90.4 Å². The lowest BCUT2D eigenvalue weighted by Gasteiger charge is -2.48. The number of esters is 1. The summed E-state index contributed by atoms with van der Waals surface area (Å²) in [5.41, 5.74) is -0.358. The van der Waals surface area contributed by atoms with Gasteiger partial charge in [0.15, 0.2) is 0 Å². The highest BCUT2D eigenvalue weighted by molar-refractivity contribution is 5.77. The van der Waals surface area contributed by atoms with E-state index in [4.69, 9.17) is 10.00 Å². The molecule has 0 aromatic rings. The number of hydrogen-bond acceptors (Lipinski definition) is 3. The van der Waals surface area contributed by atoms with Crippen molar-refractivity contribution in [2.45, 2.75) is 45.4 Å². The molecular weight excluding hydrogens is 190 g/mol. The molecule has 0 N–H and O–H groups in total. The Morgan fingerprint density at radius 3 is 2.20 bits per heavy atom. The van der Waals surface area contributed by atoms with Crippen LogP contribution in [0.2, 0.25) is 0 Å². The number of fused-ring (bicyclic) bond motifs is 3. The number of ether oxygens (including phenoxy) is 1. The van der Waals surface area contributed by atoms with E-state index in [-0.39, 0.29) is 16.8 Å². The third kappa shape index (κ3) is 1.52. The van der Waals surface area contributed by atoms with Crippen LogP contribution in [0.1, 0.15) is 45.4 Å². The number of carbonyl (C=O) groups excluding carboxylic acids is 1. The zero-order valence-corrected chi connectivity index (χ0v) is 9.21. The molecule has 82 valence electrons. The van der Waals surface area contributed by atoms with Crippen molar-refractivity contribution < 1.29 is 9.53 Å². The molecule has 3 nitrogen and oxygen atoms in total. The Morgan fingerprint density at radius 1 is 1.27 bits per heavy atom. The van der Waals surface area contributed by atoms with E-state index >= 15 is 0 Å². The van der Waals surface area contributed by atoms with Crippen molar-refractivity contribution in [1.82, 2.24) is 0 Å². The molecular formula is C12H17NO2. The minimum atomic E-state index is -0.241. The van der Waals surface area contributed by atoms with Gasteiger partial charge in [0.25, 0.3) is 0 Å². The van der Waals surface area contributed by atoms with Crippen LogP contribution in [0.25, 0.3) is 0 Å². The fourth-order valence-corrected chi connectivity index (χ4v) is 2.94. The van der Waals surface area contributed by atoms with Crippen molar-refractivity contribution >= 4 is 5.97 Å². The average Bonchev–Trinajstić information content (AvgIpc) is 2.32. The number of rotatable bonds is 2. The van der Waals surface area contributed by atoms with E-state index in [1.165, 1.54) is 0 Å². The van der Waals surface area contributed by atoms with Crippen LogP contribution >= 0.6 is 0 Å². The van der Waals surface area contributed by atoms with Gasteiger partial charge in [0, 0.05) is 0 Å². The number of nitriles is 1. The van der Waals surface area contributed by atoms with Gasteiger partial charge < -0.3 is 4.74 Å². The van der Waals surface area contributed by atoms with Gasteiger partial charge >= 0.3 is 5.97 Å². The first-order valence-corrected chi connectivity index (χ1v) is 5.75. The van der Waals surface area contributed by atoms with E-state index in [0.29, 0.717) is 6.61 Å². The highest BCUT2D eigenvalue weighted by Gasteiger charge is 2.53. The molecule has 0 heterocycles. The fraction of sp³-hybridized carbons (Fsp3) is 0.833.